The Morgan fingerprint density at radius 3 is 2.14 bits per heavy atom. The van der Waals surface area contributed by atoms with E-state index in [-0.39, 0.29) is 17.3 Å². The van der Waals surface area contributed by atoms with Gasteiger partial charge in [0.1, 0.15) is 6.04 Å². The van der Waals surface area contributed by atoms with Gasteiger partial charge in [-0.1, -0.05) is 20.8 Å². The van der Waals surface area contributed by atoms with Crippen molar-refractivity contribution in [2.75, 3.05) is 6.61 Å². The van der Waals surface area contributed by atoms with Gasteiger partial charge in [0, 0.05) is 6.92 Å². The van der Waals surface area contributed by atoms with Crippen molar-refractivity contribution < 1.29 is 14.3 Å². The van der Waals surface area contributed by atoms with Crippen molar-refractivity contribution in [1.82, 2.24) is 5.32 Å². The average molecular weight is 201 g/mol. The summed E-state index contributed by atoms with van der Waals surface area (Å²) in [4.78, 5) is 22.4. The number of carbonyl (C=O) groups is 2. The summed E-state index contributed by atoms with van der Waals surface area (Å²) < 4.78 is 4.88. The fourth-order valence-electron chi connectivity index (χ4n) is 1.06. The highest BCUT2D eigenvalue weighted by atomic mass is 16.5. The van der Waals surface area contributed by atoms with Crippen LogP contribution in [-0.2, 0) is 14.3 Å². The third-order valence-corrected chi connectivity index (χ3v) is 1.74. The van der Waals surface area contributed by atoms with Crippen LogP contribution in [0.4, 0.5) is 0 Å². The molecule has 0 fully saturated rings. The zero-order valence-corrected chi connectivity index (χ0v) is 9.51. The second kappa shape index (κ2) is 4.98. The van der Waals surface area contributed by atoms with E-state index in [4.69, 9.17) is 4.74 Å². The molecule has 0 saturated heterocycles. The highest BCUT2D eigenvalue weighted by Crippen LogP contribution is 2.20. The predicted molar refractivity (Wildman–Crippen MR) is 53.7 cm³/mol. The van der Waals surface area contributed by atoms with Crippen LogP contribution in [0.5, 0.6) is 0 Å². The Morgan fingerprint density at radius 2 is 1.86 bits per heavy atom. The maximum Gasteiger partial charge on any atom is 0.329 e. The number of rotatable bonds is 3. The van der Waals surface area contributed by atoms with E-state index in [1.54, 1.807) is 6.92 Å². The molecule has 4 heteroatoms. The molecule has 1 unspecified atom stereocenters. The minimum Gasteiger partial charge on any atom is -0.464 e. The van der Waals surface area contributed by atoms with Gasteiger partial charge in [-0.2, -0.15) is 0 Å². The molecular formula is C10H19NO3. The van der Waals surface area contributed by atoms with Crippen LogP contribution in [0.2, 0.25) is 0 Å². The maximum atomic E-state index is 11.5. The second-order valence-electron chi connectivity index (χ2n) is 4.25. The first kappa shape index (κ1) is 12.9. The lowest BCUT2D eigenvalue weighted by Crippen LogP contribution is -2.49. The molecule has 0 aliphatic heterocycles. The van der Waals surface area contributed by atoms with Crippen LogP contribution in [0.25, 0.3) is 0 Å². The number of nitrogens with one attached hydrogen (secondary N) is 1. The number of carbonyl (C=O) groups excluding carboxylic acids is 2. The molecule has 1 atom stereocenters. The van der Waals surface area contributed by atoms with Gasteiger partial charge < -0.3 is 10.1 Å². The van der Waals surface area contributed by atoms with E-state index in [1.807, 2.05) is 20.8 Å². The summed E-state index contributed by atoms with van der Waals surface area (Å²) >= 11 is 0. The lowest BCUT2D eigenvalue weighted by molar-refractivity contribution is -0.150. The Hall–Kier alpha value is -1.06. The molecule has 82 valence electrons. The van der Waals surface area contributed by atoms with Gasteiger partial charge in [-0.3, -0.25) is 4.79 Å². The Balaban J connectivity index is 4.55. The van der Waals surface area contributed by atoms with Crippen molar-refractivity contribution in [3.05, 3.63) is 0 Å². The van der Waals surface area contributed by atoms with Crippen LogP contribution in [0.15, 0.2) is 0 Å². The largest absolute Gasteiger partial charge is 0.464 e. The summed E-state index contributed by atoms with van der Waals surface area (Å²) in [5.74, 6) is -0.604. The van der Waals surface area contributed by atoms with Gasteiger partial charge in [0.25, 0.3) is 0 Å². The molecule has 0 aliphatic rings. The summed E-state index contributed by atoms with van der Waals surface area (Å²) in [6.07, 6.45) is 0. The van der Waals surface area contributed by atoms with Crippen LogP contribution in [0.1, 0.15) is 34.6 Å². The van der Waals surface area contributed by atoms with E-state index in [0.717, 1.165) is 0 Å². The zero-order chi connectivity index (χ0) is 11.4. The number of hydrogen-bond donors (Lipinski definition) is 1. The van der Waals surface area contributed by atoms with Gasteiger partial charge in [-0.25, -0.2) is 4.79 Å². The van der Waals surface area contributed by atoms with Gasteiger partial charge in [-0.15, -0.1) is 0 Å². The number of amides is 1. The summed E-state index contributed by atoms with van der Waals surface area (Å²) in [6, 6.07) is -0.583. The molecule has 4 nitrogen and oxygen atoms in total. The zero-order valence-electron chi connectivity index (χ0n) is 9.51. The van der Waals surface area contributed by atoms with Crippen LogP contribution >= 0.6 is 0 Å². The van der Waals surface area contributed by atoms with Gasteiger partial charge in [0.05, 0.1) is 6.61 Å². The summed E-state index contributed by atoms with van der Waals surface area (Å²) in [6.45, 7) is 9.09. The Labute approximate surface area is 85.0 Å². The average Bonchev–Trinajstić information content (AvgIpc) is 1.98. The van der Waals surface area contributed by atoms with Gasteiger partial charge >= 0.3 is 5.97 Å². The van der Waals surface area contributed by atoms with Crippen molar-refractivity contribution in [3.63, 3.8) is 0 Å². The molecular weight excluding hydrogens is 182 g/mol. The molecule has 14 heavy (non-hydrogen) atoms. The van der Waals surface area contributed by atoms with E-state index in [0.29, 0.717) is 6.61 Å². The molecule has 0 radical (unpaired) electrons. The van der Waals surface area contributed by atoms with Gasteiger partial charge in [-0.05, 0) is 12.3 Å². The standard InChI is InChI=1S/C10H19NO3/c1-6-14-9(13)8(10(3,4)5)11-7(2)12/h8H,6H2,1-5H3,(H,11,12). The van der Waals surface area contributed by atoms with E-state index in [2.05, 4.69) is 5.32 Å². The Morgan fingerprint density at radius 1 is 1.36 bits per heavy atom. The van der Waals surface area contributed by atoms with E-state index in [1.165, 1.54) is 6.92 Å². The summed E-state index contributed by atoms with van der Waals surface area (Å²) in [5, 5.41) is 2.59. The van der Waals surface area contributed by atoms with Crippen LogP contribution in [0, 0.1) is 5.41 Å². The summed E-state index contributed by atoms with van der Waals surface area (Å²) in [5.41, 5.74) is -0.335. The highest BCUT2D eigenvalue weighted by Gasteiger charge is 2.32. The summed E-state index contributed by atoms with van der Waals surface area (Å²) in [7, 11) is 0. The monoisotopic (exact) mass is 201 g/mol. The number of ether oxygens (including phenoxy) is 1. The number of esters is 1. The predicted octanol–water partition coefficient (Wildman–Crippen LogP) is 1.10. The highest BCUT2D eigenvalue weighted by molar-refractivity contribution is 5.83. The molecule has 0 heterocycles. The van der Waals surface area contributed by atoms with Gasteiger partial charge in [0.2, 0.25) is 5.91 Å². The van der Waals surface area contributed by atoms with Gasteiger partial charge in [0.15, 0.2) is 0 Å². The molecule has 0 rings (SSSR count). The molecule has 0 spiro atoms. The lowest BCUT2D eigenvalue weighted by Gasteiger charge is -2.28. The first-order chi connectivity index (χ1) is 6.29. The minimum absolute atomic E-state index is 0.224. The topological polar surface area (TPSA) is 55.4 Å². The Kier molecular flexibility index (Phi) is 4.60. The molecule has 0 aromatic carbocycles. The normalized spacial score (nSPS) is 13.2. The molecule has 1 N–H and O–H groups in total. The van der Waals surface area contributed by atoms with E-state index < -0.39 is 6.04 Å². The minimum atomic E-state index is -0.583. The molecule has 1 amide bonds. The van der Waals surface area contributed by atoms with Crippen molar-refractivity contribution in [2.45, 2.75) is 40.7 Å². The van der Waals surface area contributed by atoms with Crippen molar-refractivity contribution >= 4 is 11.9 Å². The van der Waals surface area contributed by atoms with Crippen LogP contribution in [0.3, 0.4) is 0 Å². The van der Waals surface area contributed by atoms with E-state index >= 15 is 0 Å². The van der Waals surface area contributed by atoms with Crippen molar-refractivity contribution in [2.24, 2.45) is 5.41 Å². The first-order valence-electron chi connectivity index (χ1n) is 4.72. The quantitative estimate of drug-likeness (QED) is 0.696. The molecule has 0 bridgehead atoms. The van der Waals surface area contributed by atoms with E-state index in [9.17, 15) is 9.59 Å². The molecule has 0 aromatic rings. The maximum absolute atomic E-state index is 11.5. The van der Waals surface area contributed by atoms with Crippen LogP contribution < -0.4 is 5.32 Å². The fourth-order valence-corrected chi connectivity index (χ4v) is 1.06. The fraction of sp³-hybridized carbons (Fsp3) is 0.800. The lowest BCUT2D eigenvalue weighted by atomic mass is 9.87. The Bertz CT molecular complexity index is 218. The first-order valence-corrected chi connectivity index (χ1v) is 4.72. The third kappa shape index (κ3) is 4.25. The number of hydrogen-bond acceptors (Lipinski definition) is 3. The van der Waals surface area contributed by atoms with Crippen molar-refractivity contribution in [1.29, 1.82) is 0 Å². The second-order valence-corrected chi connectivity index (χ2v) is 4.25. The smallest absolute Gasteiger partial charge is 0.329 e. The molecule has 0 aliphatic carbocycles. The van der Waals surface area contributed by atoms with Crippen molar-refractivity contribution in [3.8, 4) is 0 Å². The third-order valence-electron chi connectivity index (χ3n) is 1.74. The SMILES string of the molecule is CCOC(=O)C(NC(C)=O)C(C)(C)C. The van der Waals surface area contributed by atoms with Crippen LogP contribution in [-0.4, -0.2) is 24.5 Å². The molecule has 0 saturated carbocycles. The molecule has 0 aromatic heterocycles.